The number of carbonyl (C=O) groups is 1. The van der Waals surface area contributed by atoms with Crippen molar-refractivity contribution in [3.8, 4) is 0 Å². The molecule has 5 nitrogen and oxygen atoms in total. The quantitative estimate of drug-likeness (QED) is 0.544. The number of halogens is 1. The number of benzene rings is 1. The van der Waals surface area contributed by atoms with Crippen molar-refractivity contribution in [1.82, 2.24) is 0 Å². The first-order valence-electron chi connectivity index (χ1n) is 7.53. The summed E-state index contributed by atoms with van der Waals surface area (Å²) in [5.41, 5.74) is -0.221. The van der Waals surface area contributed by atoms with E-state index in [1.54, 1.807) is 4.90 Å². The molecule has 22 heavy (non-hydrogen) atoms. The molecule has 2 unspecified atom stereocenters. The van der Waals surface area contributed by atoms with Crippen LogP contribution in [0.2, 0.25) is 0 Å². The van der Waals surface area contributed by atoms with Gasteiger partial charge < -0.3 is 19.1 Å². The number of carbonyl (C=O) groups excluding carboxylic acids is 1. The molecular formula is C16H22ClNO4. The molecule has 1 aliphatic heterocycles. The van der Waals surface area contributed by atoms with Gasteiger partial charge in [0.1, 0.15) is 12.9 Å². The normalized spacial score (nSPS) is 19.1. The Kier molecular flexibility index (Phi) is 7.12. The number of rotatable bonds is 8. The van der Waals surface area contributed by atoms with Crippen molar-refractivity contribution in [3.05, 3.63) is 30.3 Å². The van der Waals surface area contributed by atoms with Gasteiger partial charge in [-0.2, -0.15) is 0 Å². The van der Waals surface area contributed by atoms with Gasteiger partial charge in [0.05, 0.1) is 13.2 Å². The molecule has 0 spiro atoms. The number of hydrogen-bond acceptors (Lipinski definition) is 4. The maximum atomic E-state index is 12.6. The zero-order chi connectivity index (χ0) is 15.8. The van der Waals surface area contributed by atoms with E-state index in [2.05, 4.69) is 6.92 Å². The molecule has 1 saturated heterocycles. The topological polar surface area (TPSA) is 48.0 Å². The van der Waals surface area contributed by atoms with Crippen LogP contribution in [0.3, 0.4) is 0 Å². The standard InChI is InChI=1S/C16H22ClNO4/c1-2-3-9-21-15(17)16(19)18(10-14-11-20-12-22-14)13-7-5-4-6-8-13/h4-8,14-15H,2-3,9-12H2,1H3. The molecule has 0 N–H and O–H groups in total. The van der Waals surface area contributed by atoms with Crippen LogP contribution in [0.4, 0.5) is 5.69 Å². The average Bonchev–Trinajstić information content (AvgIpc) is 3.06. The molecule has 1 aromatic rings. The Hall–Kier alpha value is -1.14. The van der Waals surface area contributed by atoms with Gasteiger partial charge in [-0.3, -0.25) is 4.79 Å². The van der Waals surface area contributed by atoms with Crippen LogP contribution in [0.25, 0.3) is 0 Å². The second kappa shape index (κ2) is 9.10. The van der Waals surface area contributed by atoms with Crippen LogP contribution in [0, 0.1) is 0 Å². The first-order valence-corrected chi connectivity index (χ1v) is 7.97. The molecule has 0 aromatic heterocycles. The van der Waals surface area contributed by atoms with Gasteiger partial charge in [-0.05, 0) is 18.6 Å². The number of amides is 1. The Morgan fingerprint density at radius 3 is 2.86 bits per heavy atom. The van der Waals surface area contributed by atoms with Gasteiger partial charge in [-0.15, -0.1) is 0 Å². The van der Waals surface area contributed by atoms with Crippen molar-refractivity contribution in [2.24, 2.45) is 0 Å². The number of para-hydroxylation sites is 1. The number of anilines is 1. The molecule has 0 saturated carbocycles. The van der Waals surface area contributed by atoms with Crippen LogP contribution in [0.5, 0.6) is 0 Å². The first kappa shape index (κ1) is 17.2. The highest BCUT2D eigenvalue weighted by atomic mass is 35.5. The summed E-state index contributed by atoms with van der Waals surface area (Å²) in [5.74, 6) is -0.278. The van der Waals surface area contributed by atoms with Crippen molar-refractivity contribution < 1.29 is 19.0 Å². The monoisotopic (exact) mass is 327 g/mol. The molecule has 2 rings (SSSR count). The van der Waals surface area contributed by atoms with E-state index in [0.29, 0.717) is 19.8 Å². The smallest absolute Gasteiger partial charge is 0.271 e. The fourth-order valence-corrected chi connectivity index (χ4v) is 2.34. The van der Waals surface area contributed by atoms with E-state index in [4.69, 9.17) is 25.8 Å². The molecule has 1 aliphatic rings. The Labute approximate surface area is 136 Å². The molecule has 1 heterocycles. The predicted molar refractivity (Wildman–Crippen MR) is 85.0 cm³/mol. The third-order valence-electron chi connectivity index (χ3n) is 3.37. The summed E-state index contributed by atoms with van der Waals surface area (Å²) in [7, 11) is 0. The minimum absolute atomic E-state index is 0.149. The maximum Gasteiger partial charge on any atom is 0.271 e. The molecule has 1 fully saturated rings. The number of unbranched alkanes of at least 4 members (excludes halogenated alkanes) is 1. The Morgan fingerprint density at radius 2 is 2.23 bits per heavy atom. The minimum atomic E-state index is -0.992. The number of alkyl halides is 1. The lowest BCUT2D eigenvalue weighted by Crippen LogP contribution is -2.43. The van der Waals surface area contributed by atoms with Crippen LogP contribution < -0.4 is 4.90 Å². The van der Waals surface area contributed by atoms with Gasteiger partial charge in [0.25, 0.3) is 5.91 Å². The SMILES string of the molecule is CCCCOC(Cl)C(=O)N(CC1COCO1)c1ccccc1. The lowest BCUT2D eigenvalue weighted by Gasteiger charge is -2.26. The lowest BCUT2D eigenvalue weighted by atomic mass is 10.2. The van der Waals surface area contributed by atoms with Gasteiger partial charge in [-0.25, -0.2) is 0 Å². The van der Waals surface area contributed by atoms with E-state index in [-0.39, 0.29) is 18.8 Å². The summed E-state index contributed by atoms with van der Waals surface area (Å²) < 4.78 is 16.0. The van der Waals surface area contributed by atoms with Crippen LogP contribution in [-0.4, -0.2) is 44.1 Å². The maximum absolute atomic E-state index is 12.6. The van der Waals surface area contributed by atoms with Crippen molar-refractivity contribution in [2.75, 3.05) is 31.5 Å². The van der Waals surface area contributed by atoms with Crippen molar-refractivity contribution in [1.29, 1.82) is 0 Å². The number of nitrogens with zero attached hydrogens (tertiary/aromatic N) is 1. The highest BCUT2D eigenvalue weighted by Gasteiger charge is 2.28. The fraction of sp³-hybridized carbons (Fsp3) is 0.562. The van der Waals surface area contributed by atoms with Crippen molar-refractivity contribution in [3.63, 3.8) is 0 Å². The van der Waals surface area contributed by atoms with Gasteiger partial charge in [0, 0.05) is 12.3 Å². The molecule has 1 amide bonds. The van der Waals surface area contributed by atoms with Crippen molar-refractivity contribution in [2.45, 2.75) is 31.4 Å². The van der Waals surface area contributed by atoms with E-state index >= 15 is 0 Å². The zero-order valence-corrected chi connectivity index (χ0v) is 13.5. The minimum Gasteiger partial charge on any atom is -0.353 e. The van der Waals surface area contributed by atoms with Gasteiger partial charge in [0.15, 0.2) is 0 Å². The summed E-state index contributed by atoms with van der Waals surface area (Å²) in [4.78, 5) is 14.2. The molecule has 2 atom stereocenters. The summed E-state index contributed by atoms with van der Waals surface area (Å²) in [6, 6.07) is 9.38. The third kappa shape index (κ3) is 4.95. The van der Waals surface area contributed by atoms with Crippen LogP contribution in [0.15, 0.2) is 30.3 Å². The zero-order valence-electron chi connectivity index (χ0n) is 12.7. The van der Waals surface area contributed by atoms with Crippen LogP contribution in [-0.2, 0) is 19.0 Å². The molecule has 0 bridgehead atoms. The second-order valence-corrected chi connectivity index (χ2v) is 5.50. The lowest BCUT2D eigenvalue weighted by molar-refractivity contribution is -0.125. The molecule has 122 valence electrons. The summed E-state index contributed by atoms with van der Waals surface area (Å²) in [6.45, 7) is 3.66. The Morgan fingerprint density at radius 1 is 1.45 bits per heavy atom. The van der Waals surface area contributed by atoms with E-state index < -0.39 is 5.56 Å². The fourth-order valence-electron chi connectivity index (χ4n) is 2.14. The van der Waals surface area contributed by atoms with Crippen molar-refractivity contribution >= 4 is 23.2 Å². The number of hydrogen-bond donors (Lipinski definition) is 0. The van der Waals surface area contributed by atoms with Crippen LogP contribution >= 0.6 is 11.6 Å². The molecular weight excluding hydrogens is 306 g/mol. The highest BCUT2D eigenvalue weighted by Crippen LogP contribution is 2.19. The van der Waals surface area contributed by atoms with E-state index in [0.717, 1.165) is 18.5 Å². The summed E-state index contributed by atoms with van der Waals surface area (Å²) >= 11 is 6.11. The van der Waals surface area contributed by atoms with Gasteiger partial charge in [0.2, 0.25) is 5.56 Å². The molecule has 6 heteroatoms. The van der Waals surface area contributed by atoms with Gasteiger partial charge >= 0.3 is 0 Å². The highest BCUT2D eigenvalue weighted by molar-refractivity contribution is 6.31. The third-order valence-corrected chi connectivity index (χ3v) is 3.68. The Balaban J connectivity index is 2.04. The molecule has 1 aromatic carbocycles. The first-order chi connectivity index (χ1) is 10.7. The summed E-state index contributed by atoms with van der Waals surface area (Å²) in [6.07, 6.45) is 1.72. The molecule has 0 aliphatic carbocycles. The predicted octanol–water partition coefficient (Wildman–Crippen LogP) is 2.77. The van der Waals surface area contributed by atoms with Crippen LogP contribution in [0.1, 0.15) is 19.8 Å². The largest absolute Gasteiger partial charge is 0.353 e. The summed E-state index contributed by atoms with van der Waals surface area (Å²) in [5, 5.41) is 0. The van der Waals surface area contributed by atoms with Gasteiger partial charge in [-0.1, -0.05) is 43.1 Å². The second-order valence-electron chi connectivity index (χ2n) is 5.10. The number of ether oxygens (including phenoxy) is 3. The van der Waals surface area contributed by atoms with E-state index in [1.165, 1.54) is 0 Å². The molecule has 0 radical (unpaired) electrons. The Bertz CT molecular complexity index is 451. The van der Waals surface area contributed by atoms with E-state index in [9.17, 15) is 4.79 Å². The average molecular weight is 328 g/mol. The van der Waals surface area contributed by atoms with E-state index in [1.807, 2.05) is 30.3 Å².